The molecule has 0 aliphatic carbocycles. The molecule has 1 aliphatic rings. The van der Waals surface area contributed by atoms with Gasteiger partial charge < -0.3 is 8.83 Å². The summed E-state index contributed by atoms with van der Waals surface area (Å²) < 4.78 is 15.6. The largest absolute Gasteiger partial charge is 0.456 e. The minimum atomic E-state index is -0.130. The molecule has 4 heterocycles. The van der Waals surface area contributed by atoms with E-state index in [0.29, 0.717) is 0 Å². The molecule has 1 saturated heterocycles. The number of hydrogen-bond donors (Lipinski definition) is 2. The van der Waals surface area contributed by atoms with Crippen LogP contribution in [-0.4, -0.2) is 11.9 Å². The summed E-state index contributed by atoms with van der Waals surface area (Å²) in [5.41, 5.74) is 9.45. The molecule has 0 bridgehead atoms. The van der Waals surface area contributed by atoms with Gasteiger partial charge in [-0.3, -0.25) is 15.5 Å². The zero-order chi connectivity index (χ0) is 34.3. The molecule has 11 rings (SSSR count). The third-order valence-electron chi connectivity index (χ3n) is 10.8. The summed E-state index contributed by atoms with van der Waals surface area (Å²) in [5.74, 6) is 0. The summed E-state index contributed by atoms with van der Waals surface area (Å²) in [6, 6.07) is 54.1. The van der Waals surface area contributed by atoms with E-state index in [0.717, 1.165) is 55.0 Å². The molecule has 0 spiro atoms. The first-order valence-corrected chi connectivity index (χ1v) is 18.5. The first kappa shape index (κ1) is 29.9. The Kier molecular flexibility index (Phi) is 6.69. The van der Waals surface area contributed by atoms with E-state index in [4.69, 9.17) is 8.83 Å². The van der Waals surface area contributed by atoms with Crippen LogP contribution in [0.15, 0.2) is 160 Å². The Morgan fingerprint density at radius 3 is 1.90 bits per heavy atom. The summed E-state index contributed by atoms with van der Waals surface area (Å²) in [6.07, 6.45) is -0.259. The minimum absolute atomic E-state index is 0.0330. The van der Waals surface area contributed by atoms with E-state index in [1.54, 1.807) is 0 Å². The maximum absolute atomic E-state index is 6.68. The Bertz CT molecular complexity index is 2980. The van der Waals surface area contributed by atoms with Crippen molar-refractivity contribution < 1.29 is 8.83 Å². The number of nitrogens with zero attached hydrogens (tertiary/aromatic N) is 1. The van der Waals surface area contributed by atoms with Crippen molar-refractivity contribution in [2.24, 2.45) is 0 Å². The molecule has 1 aliphatic heterocycles. The third kappa shape index (κ3) is 4.66. The van der Waals surface area contributed by atoms with Gasteiger partial charge in [-0.2, -0.15) is 0 Å². The van der Waals surface area contributed by atoms with E-state index >= 15 is 0 Å². The van der Waals surface area contributed by atoms with E-state index in [1.807, 2.05) is 23.5 Å². The Morgan fingerprint density at radius 1 is 0.481 bits per heavy atom. The van der Waals surface area contributed by atoms with E-state index < -0.39 is 0 Å². The highest BCUT2D eigenvalue weighted by Gasteiger charge is 2.35. The van der Waals surface area contributed by atoms with Crippen molar-refractivity contribution in [3.05, 3.63) is 168 Å². The fourth-order valence-electron chi connectivity index (χ4n) is 8.27. The Morgan fingerprint density at radius 2 is 1.08 bits per heavy atom. The topological polar surface area (TPSA) is 53.6 Å². The molecule has 0 radical (unpaired) electrons. The van der Waals surface area contributed by atoms with Crippen LogP contribution in [0.2, 0.25) is 0 Å². The van der Waals surface area contributed by atoms with Gasteiger partial charge in [0.1, 0.15) is 22.3 Å². The summed E-state index contributed by atoms with van der Waals surface area (Å²) >= 11 is 1.86. The molecule has 0 amide bonds. The third-order valence-corrected chi connectivity index (χ3v) is 12.1. The van der Waals surface area contributed by atoms with Crippen LogP contribution in [0.1, 0.15) is 35.2 Å². The molecule has 3 aromatic heterocycles. The molecule has 52 heavy (non-hydrogen) atoms. The van der Waals surface area contributed by atoms with Crippen LogP contribution in [-0.2, 0) is 0 Å². The zero-order valence-electron chi connectivity index (χ0n) is 28.3. The molecule has 5 nitrogen and oxygen atoms in total. The fraction of sp³-hybridized carbons (Fsp3) is 0.0870. The summed E-state index contributed by atoms with van der Waals surface area (Å²) in [4.78, 5) is 2.36. The molecule has 10 aromatic rings. The van der Waals surface area contributed by atoms with Gasteiger partial charge in [0.25, 0.3) is 0 Å². The number of fused-ring (bicyclic) bond motifs is 9. The Hall–Kier alpha value is -5.76. The Labute approximate surface area is 303 Å². The molecular weight excluding hydrogens is 659 g/mol. The van der Waals surface area contributed by atoms with Gasteiger partial charge in [0.05, 0.1) is 18.5 Å². The average Bonchev–Trinajstić information content (AvgIpc) is 3.88. The number of benzene rings is 7. The molecule has 0 saturated carbocycles. The number of furan rings is 2. The fourth-order valence-corrected chi connectivity index (χ4v) is 9.50. The van der Waals surface area contributed by atoms with E-state index in [2.05, 4.69) is 162 Å². The summed E-state index contributed by atoms with van der Waals surface area (Å²) in [7, 11) is 2.17. The number of hydrogen-bond acceptors (Lipinski definition) is 6. The van der Waals surface area contributed by atoms with E-state index in [9.17, 15) is 0 Å². The normalized spacial score (nSPS) is 18.4. The van der Waals surface area contributed by atoms with Crippen LogP contribution in [0.25, 0.3) is 75.2 Å². The predicted molar refractivity (Wildman–Crippen MR) is 214 cm³/mol. The van der Waals surface area contributed by atoms with Crippen LogP contribution in [0, 0.1) is 0 Å². The number of nitrogens with one attached hydrogen (secondary N) is 2. The van der Waals surface area contributed by atoms with Crippen LogP contribution in [0.5, 0.6) is 0 Å². The quantitative estimate of drug-likeness (QED) is 0.192. The molecule has 3 unspecified atom stereocenters. The molecule has 2 N–H and O–H groups in total. The van der Waals surface area contributed by atoms with Crippen molar-refractivity contribution in [2.75, 3.05) is 7.05 Å². The maximum atomic E-state index is 6.68. The SMILES string of the molecule is CN1C(c2ccccc2)NC(c2ccc3c(c2)oc2ccccc23)NC1c1ccc2c(c1)oc1cc(-c3cccc4c3sc3ccccc34)ccc12. The number of thiophene rings is 1. The second kappa shape index (κ2) is 11.6. The summed E-state index contributed by atoms with van der Waals surface area (Å²) in [5, 5.41) is 14.9. The van der Waals surface area contributed by atoms with Gasteiger partial charge in [-0.25, -0.2) is 0 Å². The van der Waals surface area contributed by atoms with Crippen LogP contribution >= 0.6 is 11.3 Å². The lowest BCUT2D eigenvalue weighted by Crippen LogP contribution is -2.54. The van der Waals surface area contributed by atoms with Crippen molar-refractivity contribution in [3.8, 4) is 11.1 Å². The molecule has 7 aromatic carbocycles. The van der Waals surface area contributed by atoms with Crippen molar-refractivity contribution in [2.45, 2.75) is 18.5 Å². The first-order valence-electron chi connectivity index (χ1n) is 17.7. The van der Waals surface area contributed by atoms with Crippen LogP contribution < -0.4 is 10.6 Å². The van der Waals surface area contributed by atoms with Gasteiger partial charge in [0, 0.05) is 41.7 Å². The highest BCUT2D eigenvalue weighted by atomic mass is 32.1. The second-order valence-corrected chi connectivity index (χ2v) is 14.9. The summed E-state index contributed by atoms with van der Waals surface area (Å²) in [6.45, 7) is 0. The number of rotatable bonds is 4. The lowest BCUT2D eigenvalue weighted by molar-refractivity contribution is 0.0416. The smallest absolute Gasteiger partial charge is 0.136 e. The van der Waals surface area contributed by atoms with Crippen LogP contribution in [0.4, 0.5) is 0 Å². The standard InChI is InChI=1S/C46H33N3O2S/c1-49-45(27-10-3-2-4-11-27)47-44(29-19-22-33-32-12-5-7-16-38(32)50-40(33)25-29)48-46(49)30-20-23-35-34-21-18-28(24-39(34)51-41(35)26-30)31-14-9-15-37-36-13-6-8-17-42(36)52-43(31)37/h2-26,44-48H,1H3. The van der Waals surface area contributed by atoms with Gasteiger partial charge in [-0.1, -0.05) is 115 Å². The van der Waals surface area contributed by atoms with Crippen molar-refractivity contribution in [3.63, 3.8) is 0 Å². The highest BCUT2D eigenvalue weighted by Crippen LogP contribution is 2.42. The van der Waals surface area contributed by atoms with Gasteiger partial charge in [0.2, 0.25) is 0 Å². The maximum Gasteiger partial charge on any atom is 0.136 e. The van der Waals surface area contributed by atoms with E-state index in [1.165, 1.54) is 36.9 Å². The van der Waals surface area contributed by atoms with Crippen molar-refractivity contribution >= 4 is 75.4 Å². The van der Waals surface area contributed by atoms with Gasteiger partial charge in [-0.15, -0.1) is 11.3 Å². The molecule has 1 fully saturated rings. The lowest BCUT2D eigenvalue weighted by atomic mass is 10.00. The molecule has 3 atom stereocenters. The van der Waals surface area contributed by atoms with Crippen molar-refractivity contribution in [1.29, 1.82) is 0 Å². The van der Waals surface area contributed by atoms with Crippen molar-refractivity contribution in [1.82, 2.24) is 15.5 Å². The molecule has 6 heteroatoms. The zero-order valence-corrected chi connectivity index (χ0v) is 29.2. The van der Waals surface area contributed by atoms with E-state index in [-0.39, 0.29) is 18.5 Å². The predicted octanol–water partition coefficient (Wildman–Crippen LogP) is 12.0. The molecule has 250 valence electrons. The monoisotopic (exact) mass is 691 g/mol. The minimum Gasteiger partial charge on any atom is -0.456 e. The molecular formula is C46H33N3O2S. The van der Waals surface area contributed by atoms with Gasteiger partial charge in [-0.05, 0) is 71.3 Å². The highest BCUT2D eigenvalue weighted by molar-refractivity contribution is 7.26. The lowest BCUT2D eigenvalue weighted by Gasteiger charge is -2.45. The van der Waals surface area contributed by atoms with Gasteiger partial charge in [0.15, 0.2) is 0 Å². The Balaban J connectivity index is 0.985. The first-order chi connectivity index (χ1) is 25.7. The van der Waals surface area contributed by atoms with Gasteiger partial charge >= 0.3 is 0 Å². The number of para-hydroxylation sites is 1. The average molecular weight is 692 g/mol. The van der Waals surface area contributed by atoms with Crippen LogP contribution in [0.3, 0.4) is 0 Å². The second-order valence-electron chi connectivity index (χ2n) is 13.9.